The molecule has 0 aromatic carbocycles. The summed E-state index contributed by atoms with van der Waals surface area (Å²) in [6.45, 7) is 8.69. The molecule has 1 heteroatoms. The van der Waals surface area contributed by atoms with E-state index in [-0.39, 0.29) is 0 Å². The molecule has 1 nitrogen and oxygen atoms in total. The minimum Gasteiger partial charge on any atom is -0.303 e. The van der Waals surface area contributed by atoms with Gasteiger partial charge in [0.25, 0.3) is 0 Å². The Morgan fingerprint density at radius 2 is 1.92 bits per heavy atom. The molecule has 3 aliphatic rings. The highest BCUT2D eigenvalue weighted by Crippen LogP contribution is 2.45. The molecule has 2 heterocycles. The van der Waals surface area contributed by atoms with Gasteiger partial charge in [0, 0.05) is 12.6 Å². The van der Waals surface area contributed by atoms with Crippen LogP contribution in [-0.2, 0) is 0 Å². The Morgan fingerprint density at radius 1 is 1.23 bits per heavy atom. The molecule has 0 N–H and O–H groups in total. The molecule has 1 saturated carbocycles. The van der Waals surface area contributed by atoms with E-state index in [4.69, 9.17) is 0 Å². The van der Waals surface area contributed by atoms with Crippen molar-refractivity contribution < 1.29 is 0 Å². The predicted molar refractivity (Wildman–Crippen MR) is 56.7 cm³/mol. The maximum Gasteiger partial charge on any atom is 0.0146 e. The molecule has 2 bridgehead atoms. The standard InChI is InChI=1S/C12H23N/c1-9-5-10-7-12(2,3)11(6-9)13(4)8-10/h9-11H,5-8H2,1-4H3/t9?,10-,11-/m1/s1. The van der Waals surface area contributed by atoms with Gasteiger partial charge in [-0.05, 0) is 43.6 Å². The van der Waals surface area contributed by atoms with Crippen molar-refractivity contribution >= 4 is 0 Å². The van der Waals surface area contributed by atoms with E-state index in [9.17, 15) is 0 Å². The molecule has 0 spiro atoms. The molecular weight excluding hydrogens is 158 g/mol. The Hall–Kier alpha value is -0.0400. The SMILES string of the molecule is CC1C[C@H]2CN(C)[C@H](C1)C(C)(C)C2. The molecule has 0 radical (unpaired) electrons. The van der Waals surface area contributed by atoms with E-state index in [1.165, 1.54) is 25.8 Å². The zero-order valence-electron chi connectivity index (χ0n) is 9.51. The average Bonchev–Trinajstić information content (AvgIpc) is 2.13. The Balaban J connectivity index is 2.24. The van der Waals surface area contributed by atoms with Crippen LogP contribution in [-0.4, -0.2) is 24.5 Å². The minimum atomic E-state index is 0.558. The van der Waals surface area contributed by atoms with Crippen LogP contribution in [0.5, 0.6) is 0 Å². The van der Waals surface area contributed by atoms with Crippen LogP contribution in [0.15, 0.2) is 0 Å². The maximum absolute atomic E-state index is 2.61. The van der Waals surface area contributed by atoms with Crippen molar-refractivity contribution in [2.45, 2.75) is 46.1 Å². The Bertz CT molecular complexity index is 195. The summed E-state index contributed by atoms with van der Waals surface area (Å²) in [4.78, 5) is 2.61. The van der Waals surface area contributed by atoms with Gasteiger partial charge < -0.3 is 4.90 Å². The number of fused-ring (bicyclic) bond motifs is 4. The molecule has 3 rings (SSSR count). The summed E-state index contributed by atoms with van der Waals surface area (Å²) in [5.41, 5.74) is 0.558. The number of hydrogen-bond acceptors (Lipinski definition) is 1. The molecular formula is C12H23N. The van der Waals surface area contributed by atoms with Crippen LogP contribution in [0.4, 0.5) is 0 Å². The van der Waals surface area contributed by atoms with Gasteiger partial charge in [-0.25, -0.2) is 0 Å². The summed E-state index contributed by atoms with van der Waals surface area (Å²) >= 11 is 0. The molecule has 0 aromatic heterocycles. The number of rotatable bonds is 0. The maximum atomic E-state index is 2.61. The normalized spacial score (nSPS) is 44.8. The molecule has 1 unspecified atom stereocenters. The van der Waals surface area contributed by atoms with Gasteiger partial charge in [0.2, 0.25) is 0 Å². The number of piperidine rings is 1. The van der Waals surface area contributed by atoms with Gasteiger partial charge >= 0.3 is 0 Å². The average molecular weight is 181 g/mol. The molecule has 76 valence electrons. The summed E-state index contributed by atoms with van der Waals surface area (Å²) in [7, 11) is 2.32. The summed E-state index contributed by atoms with van der Waals surface area (Å²) < 4.78 is 0. The molecule has 0 aromatic rings. The lowest BCUT2D eigenvalue weighted by atomic mass is 9.74. The first kappa shape index (κ1) is 9.51. The van der Waals surface area contributed by atoms with E-state index in [0.29, 0.717) is 5.41 Å². The van der Waals surface area contributed by atoms with Crippen molar-refractivity contribution in [1.82, 2.24) is 4.90 Å². The summed E-state index contributed by atoms with van der Waals surface area (Å²) in [5.74, 6) is 1.91. The van der Waals surface area contributed by atoms with Crippen LogP contribution in [0.1, 0.15) is 40.0 Å². The third kappa shape index (κ3) is 1.63. The van der Waals surface area contributed by atoms with Gasteiger partial charge in [-0.3, -0.25) is 0 Å². The number of nitrogens with zero attached hydrogens (tertiary/aromatic N) is 1. The van der Waals surface area contributed by atoms with Crippen molar-refractivity contribution in [3.63, 3.8) is 0 Å². The zero-order chi connectivity index (χ0) is 9.64. The van der Waals surface area contributed by atoms with E-state index in [1.54, 1.807) is 0 Å². The van der Waals surface area contributed by atoms with E-state index in [1.807, 2.05) is 0 Å². The van der Waals surface area contributed by atoms with Crippen LogP contribution in [0.2, 0.25) is 0 Å². The lowest BCUT2D eigenvalue weighted by Gasteiger charge is -2.46. The Kier molecular flexibility index (Phi) is 2.18. The molecule has 13 heavy (non-hydrogen) atoms. The summed E-state index contributed by atoms with van der Waals surface area (Å²) in [6, 6.07) is 0.834. The highest BCUT2D eigenvalue weighted by Gasteiger charge is 2.43. The molecule has 2 saturated heterocycles. The second-order valence-corrected chi connectivity index (χ2v) is 6.09. The van der Waals surface area contributed by atoms with Crippen molar-refractivity contribution in [2.24, 2.45) is 17.3 Å². The molecule has 3 fully saturated rings. The van der Waals surface area contributed by atoms with E-state index >= 15 is 0 Å². The topological polar surface area (TPSA) is 3.24 Å². The smallest absolute Gasteiger partial charge is 0.0146 e. The van der Waals surface area contributed by atoms with Crippen molar-refractivity contribution in [1.29, 1.82) is 0 Å². The third-order valence-corrected chi connectivity index (χ3v) is 4.16. The summed E-state index contributed by atoms with van der Waals surface area (Å²) in [6.07, 6.45) is 4.33. The van der Waals surface area contributed by atoms with Crippen molar-refractivity contribution in [3.8, 4) is 0 Å². The lowest BCUT2D eigenvalue weighted by molar-refractivity contribution is 0.0367. The molecule has 2 aliphatic heterocycles. The van der Waals surface area contributed by atoms with Crippen LogP contribution in [0.3, 0.4) is 0 Å². The van der Waals surface area contributed by atoms with Crippen LogP contribution < -0.4 is 0 Å². The van der Waals surface area contributed by atoms with Gasteiger partial charge in [-0.1, -0.05) is 20.8 Å². The molecule has 1 aliphatic carbocycles. The first-order valence-electron chi connectivity index (χ1n) is 5.69. The Morgan fingerprint density at radius 3 is 2.54 bits per heavy atom. The van der Waals surface area contributed by atoms with E-state index in [2.05, 4.69) is 32.7 Å². The minimum absolute atomic E-state index is 0.558. The Labute approximate surface area is 82.5 Å². The largest absolute Gasteiger partial charge is 0.303 e. The molecule has 3 atom stereocenters. The van der Waals surface area contributed by atoms with Gasteiger partial charge in [0.05, 0.1) is 0 Å². The quantitative estimate of drug-likeness (QED) is 0.555. The first-order valence-corrected chi connectivity index (χ1v) is 5.69. The van der Waals surface area contributed by atoms with Gasteiger partial charge in [0.1, 0.15) is 0 Å². The number of hydrogen-bond donors (Lipinski definition) is 0. The second kappa shape index (κ2) is 2.98. The molecule has 0 amide bonds. The zero-order valence-corrected chi connectivity index (χ0v) is 9.51. The fourth-order valence-corrected chi connectivity index (χ4v) is 3.78. The van der Waals surface area contributed by atoms with Crippen LogP contribution >= 0.6 is 0 Å². The highest BCUT2D eigenvalue weighted by atomic mass is 15.2. The third-order valence-electron chi connectivity index (χ3n) is 4.16. The monoisotopic (exact) mass is 181 g/mol. The van der Waals surface area contributed by atoms with E-state index < -0.39 is 0 Å². The van der Waals surface area contributed by atoms with Gasteiger partial charge in [0.15, 0.2) is 0 Å². The second-order valence-electron chi connectivity index (χ2n) is 6.09. The van der Waals surface area contributed by atoms with Crippen LogP contribution in [0.25, 0.3) is 0 Å². The van der Waals surface area contributed by atoms with Crippen molar-refractivity contribution in [2.75, 3.05) is 13.6 Å². The lowest BCUT2D eigenvalue weighted by Crippen LogP contribution is -2.49. The predicted octanol–water partition coefficient (Wildman–Crippen LogP) is 2.76. The summed E-state index contributed by atoms with van der Waals surface area (Å²) in [5, 5.41) is 0. The van der Waals surface area contributed by atoms with E-state index in [0.717, 1.165) is 17.9 Å². The van der Waals surface area contributed by atoms with Crippen molar-refractivity contribution in [3.05, 3.63) is 0 Å². The fraction of sp³-hybridized carbons (Fsp3) is 1.00. The van der Waals surface area contributed by atoms with Crippen LogP contribution in [0, 0.1) is 17.3 Å². The first-order chi connectivity index (χ1) is 5.99. The van der Waals surface area contributed by atoms with Gasteiger partial charge in [-0.15, -0.1) is 0 Å². The van der Waals surface area contributed by atoms with Gasteiger partial charge in [-0.2, -0.15) is 0 Å². The highest BCUT2D eigenvalue weighted by molar-refractivity contribution is 4.96. The fourth-order valence-electron chi connectivity index (χ4n) is 3.78.